The Balaban J connectivity index is 2.47. The van der Waals surface area contributed by atoms with Crippen LogP contribution in [0.5, 0.6) is 5.75 Å². The highest BCUT2D eigenvalue weighted by atomic mass is 16.3. The Kier molecular flexibility index (Phi) is 2.46. The van der Waals surface area contributed by atoms with Gasteiger partial charge in [-0.05, 0) is 49.1 Å². The van der Waals surface area contributed by atoms with E-state index in [1.807, 2.05) is 13.0 Å². The van der Waals surface area contributed by atoms with Crippen molar-refractivity contribution in [1.29, 1.82) is 0 Å². The van der Waals surface area contributed by atoms with E-state index in [0.717, 1.165) is 24.9 Å². The molecule has 1 aliphatic heterocycles. The van der Waals surface area contributed by atoms with Gasteiger partial charge in [-0.2, -0.15) is 0 Å². The Morgan fingerprint density at radius 2 is 2.29 bits per heavy atom. The van der Waals surface area contributed by atoms with Gasteiger partial charge < -0.3 is 10.4 Å². The molecule has 14 heavy (non-hydrogen) atoms. The summed E-state index contributed by atoms with van der Waals surface area (Å²) in [4.78, 5) is 0. The fourth-order valence-corrected chi connectivity index (χ4v) is 2.17. The van der Waals surface area contributed by atoms with Crippen LogP contribution in [-0.4, -0.2) is 11.7 Å². The van der Waals surface area contributed by atoms with Crippen molar-refractivity contribution < 1.29 is 5.11 Å². The first-order valence-electron chi connectivity index (χ1n) is 5.28. The molecule has 76 valence electrons. The average Bonchev–Trinajstić information content (AvgIpc) is 2.19. The lowest BCUT2D eigenvalue weighted by molar-refractivity contribution is 0.457. The molecule has 0 aliphatic carbocycles. The number of nitrogens with one attached hydrogen (secondary N) is 1. The summed E-state index contributed by atoms with van der Waals surface area (Å²) in [6, 6.07) is 4.46. The molecule has 1 aromatic rings. The maximum absolute atomic E-state index is 9.66. The molecule has 0 amide bonds. The molecule has 2 nitrogen and oxygen atoms in total. The van der Waals surface area contributed by atoms with E-state index in [2.05, 4.69) is 18.3 Å². The maximum atomic E-state index is 9.66. The van der Waals surface area contributed by atoms with E-state index in [1.165, 1.54) is 11.1 Å². The molecule has 1 aromatic carbocycles. The molecule has 2 N–H and O–H groups in total. The van der Waals surface area contributed by atoms with Crippen LogP contribution in [0.25, 0.3) is 0 Å². The molecule has 2 rings (SSSR count). The van der Waals surface area contributed by atoms with Crippen LogP contribution in [0.2, 0.25) is 0 Å². The normalized spacial score (nSPS) is 20.6. The van der Waals surface area contributed by atoms with Crippen molar-refractivity contribution in [2.24, 2.45) is 0 Å². The third-order valence-electron chi connectivity index (χ3n) is 3.03. The molecule has 0 saturated carbocycles. The summed E-state index contributed by atoms with van der Waals surface area (Å²) in [6.07, 6.45) is 2.16. The molecular weight excluding hydrogens is 174 g/mol. The third-order valence-corrected chi connectivity index (χ3v) is 3.03. The van der Waals surface area contributed by atoms with E-state index in [-0.39, 0.29) is 0 Å². The summed E-state index contributed by atoms with van der Waals surface area (Å²) in [5, 5.41) is 13.1. The molecule has 1 atom stereocenters. The highest BCUT2D eigenvalue weighted by molar-refractivity contribution is 5.43. The first kappa shape index (κ1) is 9.53. The minimum Gasteiger partial charge on any atom is -0.508 e. The van der Waals surface area contributed by atoms with Gasteiger partial charge in [-0.15, -0.1) is 0 Å². The van der Waals surface area contributed by atoms with Crippen LogP contribution in [0.4, 0.5) is 0 Å². The molecule has 1 aliphatic rings. The number of hydrogen-bond donors (Lipinski definition) is 2. The average molecular weight is 191 g/mol. The van der Waals surface area contributed by atoms with Crippen molar-refractivity contribution >= 4 is 0 Å². The molecule has 1 unspecified atom stereocenters. The smallest absolute Gasteiger partial charge is 0.118 e. The maximum Gasteiger partial charge on any atom is 0.118 e. The molecule has 2 heteroatoms. The Hall–Kier alpha value is -1.02. The van der Waals surface area contributed by atoms with Gasteiger partial charge in [0.15, 0.2) is 0 Å². The van der Waals surface area contributed by atoms with Crippen molar-refractivity contribution in [3.63, 3.8) is 0 Å². The van der Waals surface area contributed by atoms with Crippen molar-refractivity contribution in [2.75, 3.05) is 6.54 Å². The standard InChI is InChI=1S/C12H17NO/c1-3-11-10-7-12(14)8(2)6-9(10)4-5-13-11/h6-7,11,13-14H,3-5H2,1-2H3. The number of hydrogen-bond acceptors (Lipinski definition) is 2. The highest BCUT2D eigenvalue weighted by Crippen LogP contribution is 2.30. The summed E-state index contributed by atoms with van der Waals surface area (Å²) in [5.74, 6) is 0.422. The van der Waals surface area contributed by atoms with E-state index in [1.54, 1.807) is 0 Å². The fourth-order valence-electron chi connectivity index (χ4n) is 2.17. The summed E-state index contributed by atoms with van der Waals surface area (Å²) in [6.45, 7) is 5.18. The van der Waals surface area contributed by atoms with Gasteiger partial charge in [-0.25, -0.2) is 0 Å². The van der Waals surface area contributed by atoms with E-state index in [9.17, 15) is 5.11 Å². The minimum absolute atomic E-state index is 0.422. The molecule has 0 bridgehead atoms. The van der Waals surface area contributed by atoms with E-state index in [4.69, 9.17) is 0 Å². The monoisotopic (exact) mass is 191 g/mol. The lowest BCUT2D eigenvalue weighted by Crippen LogP contribution is -2.29. The first-order valence-corrected chi connectivity index (χ1v) is 5.28. The Labute approximate surface area is 85.0 Å². The van der Waals surface area contributed by atoms with E-state index >= 15 is 0 Å². The molecule has 0 fully saturated rings. The number of phenols is 1. The topological polar surface area (TPSA) is 32.3 Å². The SMILES string of the molecule is CCC1NCCc2cc(C)c(O)cc21. The number of phenolic OH excluding ortho intramolecular Hbond substituents is 1. The van der Waals surface area contributed by atoms with Crippen molar-refractivity contribution in [2.45, 2.75) is 32.7 Å². The second kappa shape index (κ2) is 3.62. The summed E-state index contributed by atoms with van der Waals surface area (Å²) in [5.41, 5.74) is 3.66. The molecule has 0 aromatic heterocycles. The van der Waals surface area contributed by atoms with Crippen LogP contribution in [-0.2, 0) is 6.42 Å². The number of rotatable bonds is 1. The molecule has 0 saturated heterocycles. The van der Waals surface area contributed by atoms with Gasteiger partial charge in [0.1, 0.15) is 5.75 Å². The van der Waals surface area contributed by atoms with Crippen LogP contribution < -0.4 is 5.32 Å². The number of benzene rings is 1. The van der Waals surface area contributed by atoms with Gasteiger partial charge in [0.2, 0.25) is 0 Å². The van der Waals surface area contributed by atoms with E-state index in [0.29, 0.717) is 11.8 Å². The predicted molar refractivity (Wildman–Crippen MR) is 57.6 cm³/mol. The number of aromatic hydroxyl groups is 1. The second-order valence-electron chi connectivity index (χ2n) is 4.00. The highest BCUT2D eigenvalue weighted by Gasteiger charge is 2.19. The largest absolute Gasteiger partial charge is 0.508 e. The van der Waals surface area contributed by atoms with Crippen LogP contribution in [0.1, 0.15) is 36.1 Å². The van der Waals surface area contributed by atoms with Crippen molar-refractivity contribution in [3.8, 4) is 5.75 Å². The summed E-state index contributed by atoms with van der Waals surface area (Å²) in [7, 11) is 0. The van der Waals surface area contributed by atoms with Crippen molar-refractivity contribution in [1.82, 2.24) is 5.32 Å². The molecule has 0 spiro atoms. The van der Waals surface area contributed by atoms with Gasteiger partial charge in [0.05, 0.1) is 0 Å². The quantitative estimate of drug-likeness (QED) is 0.714. The third kappa shape index (κ3) is 1.50. The van der Waals surface area contributed by atoms with Crippen LogP contribution in [0.3, 0.4) is 0 Å². The zero-order valence-electron chi connectivity index (χ0n) is 8.80. The second-order valence-corrected chi connectivity index (χ2v) is 4.00. The summed E-state index contributed by atoms with van der Waals surface area (Å²) < 4.78 is 0. The number of aryl methyl sites for hydroxylation is 1. The van der Waals surface area contributed by atoms with Crippen LogP contribution >= 0.6 is 0 Å². The zero-order chi connectivity index (χ0) is 10.1. The van der Waals surface area contributed by atoms with Gasteiger partial charge >= 0.3 is 0 Å². The zero-order valence-corrected chi connectivity index (χ0v) is 8.80. The molecular formula is C12H17NO. The van der Waals surface area contributed by atoms with Gasteiger partial charge in [-0.3, -0.25) is 0 Å². The van der Waals surface area contributed by atoms with Crippen LogP contribution in [0.15, 0.2) is 12.1 Å². The van der Waals surface area contributed by atoms with E-state index < -0.39 is 0 Å². The predicted octanol–water partition coefficient (Wildman–Crippen LogP) is 2.30. The first-order chi connectivity index (χ1) is 6.72. The van der Waals surface area contributed by atoms with Gasteiger partial charge in [0.25, 0.3) is 0 Å². The molecule has 0 radical (unpaired) electrons. The Morgan fingerprint density at radius 3 is 3.00 bits per heavy atom. The summed E-state index contributed by atoms with van der Waals surface area (Å²) >= 11 is 0. The minimum atomic E-state index is 0.422. The fraction of sp³-hybridized carbons (Fsp3) is 0.500. The number of fused-ring (bicyclic) bond motifs is 1. The molecule has 1 heterocycles. The lowest BCUT2D eigenvalue weighted by atomic mass is 9.91. The Morgan fingerprint density at radius 1 is 1.50 bits per heavy atom. The van der Waals surface area contributed by atoms with Gasteiger partial charge in [-0.1, -0.05) is 13.0 Å². The lowest BCUT2D eigenvalue weighted by Gasteiger charge is -2.26. The van der Waals surface area contributed by atoms with Crippen molar-refractivity contribution in [3.05, 3.63) is 28.8 Å². The van der Waals surface area contributed by atoms with Crippen LogP contribution in [0, 0.1) is 6.92 Å². The Bertz CT molecular complexity index is 346. The van der Waals surface area contributed by atoms with Gasteiger partial charge in [0, 0.05) is 6.04 Å².